The van der Waals surface area contributed by atoms with E-state index in [-0.39, 0.29) is 6.04 Å². The Morgan fingerprint density at radius 2 is 1.76 bits per heavy atom. The number of amides is 1. The first-order chi connectivity index (χ1) is 11.9. The average Bonchev–Trinajstić information content (AvgIpc) is 2.93. The molecule has 3 rings (SSSR count). The van der Waals surface area contributed by atoms with Crippen LogP contribution in [-0.2, 0) is 6.18 Å². The van der Waals surface area contributed by atoms with E-state index < -0.39 is 18.0 Å². The van der Waals surface area contributed by atoms with E-state index in [1.165, 1.54) is 11.1 Å². The lowest BCUT2D eigenvalue weighted by Crippen LogP contribution is -2.43. The summed E-state index contributed by atoms with van der Waals surface area (Å²) in [4.78, 5) is 14.8. The molecule has 2 fully saturated rings. The molecule has 0 radical (unpaired) electrons. The van der Waals surface area contributed by atoms with Crippen LogP contribution in [0.3, 0.4) is 0 Å². The smallest absolute Gasteiger partial charge is 0.433 e. The maximum atomic E-state index is 13.0. The molecule has 140 valence electrons. The van der Waals surface area contributed by atoms with Gasteiger partial charge in [-0.1, -0.05) is 0 Å². The van der Waals surface area contributed by atoms with Crippen molar-refractivity contribution >= 4 is 6.09 Å². The molecule has 1 aromatic rings. The van der Waals surface area contributed by atoms with Gasteiger partial charge in [-0.05, 0) is 38.2 Å². The first kappa shape index (κ1) is 18.0. The average molecular weight is 360 g/mol. The second-order valence-electron chi connectivity index (χ2n) is 6.78. The first-order valence-corrected chi connectivity index (χ1v) is 8.69. The van der Waals surface area contributed by atoms with Crippen molar-refractivity contribution in [3.8, 4) is 0 Å². The highest BCUT2D eigenvalue weighted by Crippen LogP contribution is 2.34. The number of carboxylic acid groups (broad SMARTS) is 1. The lowest BCUT2D eigenvalue weighted by Gasteiger charge is -2.37. The molecule has 0 spiro atoms. The van der Waals surface area contributed by atoms with Crippen LogP contribution >= 0.6 is 0 Å². The van der Waals surface area contributed by atoms with Crippen LogP contribution in [0.5, 0.6) is 0 Å². The van der Waals surface area contributed by atoms with E-state index >= 15 is 0 Å². The highest BCUT2D eigenvalue weighted by atomic mass is 19.4. The third kappa shape index (κ3) is 4.08. The molecule has 2 aliphatic rings. The van der Waals surface area contributed by atoms with Gasteiger partial charge in [0.2, 0.25) is 0 Å². The highest BCUT2D eigenvalue weighted by Gasteiger charge is 2.37. The fraction of sp³-hybridized carbons (Fsp3) is 0.750. The molecule has 1 atom stereocenters. The summed E-state index contributed by atoms with van der Waals surface area (Å²) in [5.74, 6) is 0. The second kappa shape index (κ2) is 7.23. The number of piperidine rings is 1. The van der Waals surface area contributed by atoms with E-state index in [0.717, 1.165) is 43.1 Å². The van der Waals surface area contributed by atoms with Crippen LogP contribution in [0, 0.1) is 0 Å². The predicted molar refractivity (Wildman–Crippen MR) is 84.3 cm³/mol. The van der Waals surface area contributed by atoms with Crippen LogP contribution in [0.25, 0.3) is 0 Å². The largest absolute Gasteiger partial charge is 0.465 e. The first-order valence-electron chi connectivity index (χ1n) is 8.69. The Morgan fingerprint density at radius 3 is 2.40 bits per heavy atom. The number of carbonyl (C=O) groups is 1. The van der Waals surface area contributed by atoms with Crippen molar-refractivity contribution in [2.24, 2.45) is 0 Å². The number of nitrogens with zero attached hydrogens (tertiary/aromatic N) is 4. The summed E-state index contributed by atoms with van der Waals surface area (Å²) in [6.45, 7) is 2.53. The van der Waals surface area contributed by atoms with Gasteiger partial charge in [-0.25, -0.2) is 4.79 Å². The molecule has 6 nitrogen and oxygen atoms in total. The molecule has 2 saturated heterocycles. The number of likely N-dealkylation sites (tertiary alicyclic amines) is 2. The van der Waals surface area contributed by atoms with E-state index in [9.17, 15) is 18.0 Å². The number of hydrogen-bond acceptors (Lipinski definition) is 3. The lowest BCUT2D eigenvalue weighted by molar-refractivity contribution is -0.145. The van der Waals surface area contributed by atoms with Gasteiger partial charge in [-0.3, -0.25) is 4.68 Å². The minimum Gasteiger partial charge on any atom is -0.465 e. The fourth-order valence-electron chi connectivity index (χ4n) is 3.96. The number of hydrogen-bond donors (Lipinski definition) is 1. The Kier molecular flexibility index (Phi) is 5.21. The quantitative estimate of drug-likeness (QED) is 0.881. The minimum absolute atomic E-state index is 0.232. The molecule has 0 saturated carbocycles. The summed E-state index contributed by atoms with van der Waals surface area (Å²) in [5.41, 5.74) is -0.683. The van der Waals surface area contributed by atoms with Crippen molar-refractivity contribution < 1.29 is 23.1 Å². The summed E-state index contributed by atoms with van der Waals surface area (Å²) in [6.07, 6.45) is -0.243. The van der Waals surface area contributed by atoms with E-state index in [1.54, 1.807) is 0 Å². The molecule has 25 heavy (non-hydrogen) atoms. The van der Waals surface area contributed by atoms with Gasteiger partial charge in [0.1, 0.15) is 5.69 Å². The zero-order valence-corrected chi connectivity index (χ0v) is 14.0. The summed E-state index contributed by atoms with van der Waals surface area (Å²) in [5, 5.41) is 13.0. The molecule has 1 amide bonds. The SMILES string of the molecule is O=C(O)N1CCCC(N2CCC(n3nccc3C(F)(F)F)CC2)CC1. The van der Waals surface area contributed by atoms with Crippen LogP contribution < -0.4 is 0 Å². The Balaban J connectivity index is 1.57. The standard InChI is InChI=1S/C16H23F3N4O2/c17-16(18,19)14-3-7-20-23(14)13-5-9-21(10-6-13)12-2-1-8-22(11-4-12)15(24)25/h3,7,12-13H,1-2,4-6,8-11H2,(H,24,25). The predicted octanol–water partition coefficient (Wildman–Crippen LogP) is 3.07. The zero-order valence-electron chi connectivity index (χ0n) is 14.0. The van der Waals surface area contributed by atoms with Gasteiger partial charge in [0.15, 0.2) is 0 Å². The topological polar surface area (TPSA) is 61.6 Å². The maximum absolute atomic E-state index is 13.0. The molecular formula is C16H23F3N4O2. The van der Waals surface area contributed by atoms with Crippen molar-refractivity contribution in [3.05, 3.63) is 18.0 Å². The summed E-state index contributed by atoms with van der Waals surface area (Å²) in [6, 6.07) is 1.10. The number of alkyl halides is 3. The Hall–Kier alpha value is -1.77. The van der Waals surface area contributed by atoms with Gasteiger partial charge >= 0.3 is 12.3 Å². The highest BCUT2D eigenvalue weighted by molar-refractivity contribution is 5.64. The molecule has 1 aromatic heterocycles. The lowest BCUT2D eigenvalue weighted by atomic mass is 10.00. The number of aromatic nitrogens is 2. The second-order valence-corrected chi connectivity index (χ2v) is 6.78. The summed E-state index contributed by atoms with van der Waals surface area (Å²) < 4.78 is 40.2. The number of rotatable bonds is 2. The van der Waals surface area contributed by atoms with Crippen molar-refractivity contribution in [3.63, 3.8) is 0 Å². The van der Waals surface area contributed by atoms with Gasteiger partial charge in [0.25, 0.3) is 0 Å². The van der Waals surface area contributed by atoms with Gasteiger partial charge in [0, 0.05) is 38.4 Å². The molecule has 2 aliphatic heterocycles. The summed E-state index contributed by atoms with van der Waals surface area (Å²) >= 11 is 0. The van der Waals surface area contributed by atoms with E-state index in [0.29, 0.717) is 32.0 Å². The normalized spacial score (nSPS) is 24.3. The van der Waals surface area contributed by atoms with Crippen molar-refractivity contribution in [1.82, 2.24) is 19.6 Å². The van der Waals surface area contributed by atoms with Crippen molar-refractivity contribution in [2.45, 2.75) is 50.4 Å². The van der Waals surface area contributed by atoms with E-state index in [2.05, 4.69) is 10.00 Å². The zero-order chi connectivity index (χ0) is 18.0. The van der Waals surface area contributed by atoms with Gasteiger partial charge in [-0.2, -0.15) is 18.3 Å². The third-order valence-electron chi connectivity index (χ3n) is 5.29. The van der Waals surface area contributed by atoms with Crippen molar-refractivity contribution in [1.29, 1.82) is 0 Å². The molecule has 3 heterocycles. The van der Waals surface area contributed by atoms with Crippen LogP contribution in [0.1, 0.15) is 43.8 Å². The Bertz CT molecular complexity index is 596. The number of halogens is 3. The Labute approximate surface area is 144 Å². The van der Waals surface area contributed by atoms with Crippen LogP contribution in [-0.4, -0.2) is 63.0 Å². The van der Waals surface area contributed by atoms with Gasteiger partial charge < -0.3 is 14.9 Å². The molecule has 0 aromatic carbocycles. The van der Waals surface area contributed by atoms with Gasteiger partial charge in [0.05, 0.1) is 6.04 Å². The monoisotopic (exact) mass is 360 g/mol. The minimum atomic E-state index is -4.38. The van der Waals surface area contributed by atoms with Crippen LogP contribution in [0.15, 0.2) is 12.3 Å². The fourth-order valence-corrected chi connectivity index (χ4v) is 3.96. The maximum Gasteiger partial charge on any atom is 0.433 e. The molecular weight excluding hydrogens is 337 g/mol. The van der Waals surface area contributed by atoms with Crippen LogP contribution in [0.2, 0.25) is 0 Å². The van der Waals surface area contributed by atoms with Crippen molar-refractivity contribution in [2.75, 3.05) is 26.2 Å². The van der Waals surface area contributed by atoms with Crippen LogP contribution in [0.4, 0.5) is 18.0 Å². The third-order valence-corrected chi connectivity index (χ3v) is 5.29. The molecule has 9 heteroatoms. The van der Waals surface area contributed by atoms with E-state index in [4.69, 9.17) is 5.11 Å². The molecule has 1 N–H and O–H groups in total. The molecule has 0 bridgehead atoms. The Morgan fingerprint density at radius 1 is 1.08 bits per heavy atom. The molecule has 0 aliphatic carbocycles. The summed E-state index contributed by atoms with van der Waals surface area (Å²) in [7, 11) is 0. The van der Waals surface area contributed by atoms with Gasteiger partial charge in [-0.15, -0.1) is 0 Å². The molecule has 1 unspecified atom stereocenters. The van der Waals surface area contributed by atoms with E-state index in [1.807, 2.05) is 0 Å².